The van der Waals surface area contributed by atoms with Gasteiger partial charge in [0.25, 0.3) is 0 Å². The van der Waals surface area contributed by atoms with Crippen LogP contribution in [0.4, 0.5) is 23.8 Å². The summed E-state index contributed by atoms with van der Waals surface area (Å²) in [4.78, 5) is 36.2. The zero-order valence-corrected chi connectivity index (χ0v) is 21.7. The van der Waals surface area contributed by atoms with Gasteiger partial charge >= 0.3 is 18.2 Å². The number of halogens is 3. The van der Waals surface area contributed by atoms with Crippen LogP contribution in [0, 0.1) is 5.92 Å². The number of piperazine rings is 1. The number of hydrogen-bond acceptors (Lipinski definition) is 6. The quantitative estimate of drug-likeness (QED) is 0.595. The van der Waals surface area contributed by atoms with E-state index >= 15 is 0 Å². The lowest BCUT2D eigenvalue weighted by molar-refractivity contribution is -0.143. The van der Waals surface area contributed by atoms with Gasteiger partial charge in [-0.1, -0.05) is 6.42 Å². The van der Waals surface area contributed by atoms with Gasteiger partial charge in [-0.05, 0) is 53.9 Å². The molecule has 2 aromatic rings. The number of carbonyl (C=O) groups is 2. The molecule has 37 heavy (non-hydrogen) atoms. The molecule has 1 aliphatic heterocycles. The van der Waals surface area contributed by atoms with Gasteiger partial charge in [-0.25, -0.2) is 14.8 Å². The fourth-order valence-electron chi connectivity index (χ4n) is 5.42. The van der Waals surface area contributed by atoms with Gasteiger partial charge in [0.15, 0.2) is 0 Å². The molecule has 0 aromatic carbocycles. The number of anilines is 1. The van der Waals surface area contributed by atoms with Crippen LogP contribution in [0.5, 0.6) is 0 Å². The molecule has 0 spiro atoms. The first-order chi connectivity index (χ1) is 17.2. The monoisotopic (exact) mass is 525 g/mol. The zero-order valence-electron chi connectivity index (χ0n) is 21.7. The first-order valence-corrected chi connectivity index (χ1v) is 12.6. The van der Waals surface area contributed by atoms with E-state index in [4.69, 9.17) is 4.74 Å². The third-order valence-corrected chi connectivity index (χ3v) is 7.17. The summed E-state index contributed by atoms with van der Waals surface area (Å²) in [5, 5.41) is 9.38. The number of nitrogens with zero attached hydrogens (tertiary/aromatic N) is 5. The highest BCUT2D eigenvalue weighted by atomic mass is 19.4. The minimum atomic E-state index is -4.66. The molecule has 1 amide bonds. The van der Waals surface area contributed by atoms with Crippen LogP contribution in [0.3, 0.4) is 0 Å². The van der Waals surface area contributed by atoms with E-state index < -0.39 is 41.4 Å². The van der Waals surface area contributed by atoms with Gasteiger partial charge < -0.3 is 24.2 Å². The minimum Gasteiger partial charge on any atom is -0.481 e. The SMILES string of the molecule is C[C@@H]1CN(c2ncnc3c2c(C(F)(F)F)cn3C2CCCC(C(=O)O)C2)[C@@H](C)CN1C(=O)OC(C)(C)C. The van der Waals surface area contributed by atoms with Crippen LogP contribution in [0.2, 0.25) is 0 Å². The van der Waals surface area contributed by atoms with E-state index in [9.17, 15) is 27.9 Å². The number of aromatic nitrogens is 3. The predicted molar refractivity (Wildman–Crippen MR) is 130 cm³/mol. The first kappa shape index (κ1) is 27.0. The highest BCUT2D eigenvalue weighted by Gasteiger charge is 2.41. The number of carbonyl (C=O) groups excluding carboxylic acids is 1. The van der Waals surface area contributed by atoms with Crippen LogP contribution in [0.1, 0.15) is 71.9 Å². The smallest absolute Gasteiger partial charge is 0.418 e. The van der Waals surface area contributed by atoms with E-state index in [1.807, 2.05) is 13.8 Å². The lowest BCUT2D eigenvalue weighted by Gasteiger charge is -2.44. The Morgan fingerprint density at radius 2 is 1.78 bits per heavy atom. The Morgan fingerprint density at radius 1 is 1.08 bits per heavy atom. The summed E-state index contributed by atoms with van der Waals surface area (Å²) < 4.78 is 49.9. The Morgan fingerprint density at radius 3 is 2.41 bits per heavy atom. The maximum absolute atomic E-state index is 14.3. The van der Waals surface area contributed by atoms with Gasteiger partial charge in [-0.3, -0.25) is 4.79 Å². The summed E-state index contributed by atoms with van der Waals surface area (Å²) in [6.07, 6.45) is -0.865. The molecule has 2 aliphatic rings. The Labute approximate surface area is 213 Å². The Bertz CT molecular complexity index is 1180. The number of rotatable bonds is 3. The molecule has 0 bridgehead atoms. The standard InChI is InChI=1S/C25H34F3N5O4/c1-14-11-32(23(36)37-24(3,4)5)15(2)10-31(14)20-19-18(25(26,27)28)12-33(21(19)30-13-29-20)17-8-6-7-16(9-17)22(34)35/h12-17H,6-11H2,1-5H3,(H,34,35)/t14-,15+,16?,17?/m0/s1. The van der Waals surface area contributed by atoms with Gasteiger partial charge in [0.2, 0.25) is 0 Å². The van der Waals surface area contributed by atoms with E-state index in [2.05, 4.69) is 9.97 Å². The molecule has 1 saturated heterocycles. The highest BCUT2D eigenvalue weighted by Crippen LogP contribution is 2.43. The third-order valence-electron chi connectivity index (χ3n) is 7.17. The average Bonchev–Trinajstić information content (AvgIpc) is 3.20. The van der Waals surface area contributed by atoms with Gasteiger partial charge in [-0.15, -0.1) is 0 Å². The van der Waals surface area contributed by atoms with Crippen molar-refractivity contribution in [1.82, 2.24) is 19.4 Å². The predicted octanol–water partition coefficient (Wildman–Crippen LogP) is 5.10. The van der Waals surface area contributed by atoms with Crippen molar-refractivity contribution in [2.75, 3.05) is 18.0 Å². The number of aliphatic carboxylic acids is 1. The molecule has 204 valence electrons. The van der Waals surface area contributed by atoms with E-state index in [0.29, 0.717) is 19.3 Å². The second-order valence-electron chi connectivity index (χ2n) is 11.2. The molecular weight excluding hydrogens is 491 g/mol. The average molecular weight is 526 g/mol. The maximum Gasteiger partial charge on any atom is 0.418 e. The summed E-state index contributed by atoms with van der Waals surface area (Å²) in [7, 11) is 0. The van der Waals surface area contributed by atoms with Gasteiger partial charge in [-0.2, -0.15) is 13.2 Å². The number of ether oxygens (including phenoxy) is 1. The van der Waals surface area contributed by atoms with Crippen LogP contribution in [0.15, 0.2) is 12.5 Å². The molecular formula is C25H34F3N5O4. The fourth-order valence-corrected chi connectivity index (χ4v) is 5.42. The second kappa shape index (κ2) is 9.68. The molecule has 9 nitrogen and oxygen atoms in total. The molecule has 1 N–H and O–H groups in total. The molecule has 4 atom stereocenters. The Balaban J connectivity index is 1.73. The Hall–Kier alpha value is -3.05. The molecule has 2 aromatic heterocycles. The maximum atomic E-state index is 14.3. The number of hydrogen-bond donors (Lipinski definition) is 1. The lowest BCUT2D eigenvalue weighted by atomic mass is 9.85. The van der Waals surface area contributed by atoms with E-state index in [1.54, 1.807) is 30.6 Å². The van der Waals surface area contributed by atoms with Crippen molar-refractivity contribution in [3.05, 3.63) is 18.1 Å². The van der Waals surface area contributed by atoms with Crippen molar-refractivity contribution < 1.29 is 32.6 Å². The van der Waals surface area contributed by atoms with Crippen LogP contribution >= 0.6 is 0 Å². The number of fused-ring (bicyclic) bond motifs is 1. The van der Waals surface area contributed by atoms with Crippen molar-refractivity contribution in [3.63, 3.8) is 0 Å². The largest absolute Gasteiger partial charge is 0.481 e. The van der Waals surface area contributed by atoms with Crippen LogP contribution in [0.25, 0.3) is 11.0 Å². The summed E-state index contributed by atoms with van der Waals surface area (Å²) in [5.41, 5.74) is -1.37. The van der Waals surface area contributed by atoms with Crippen molar-refractivity contribution >= 4 is 28.9 Å². The highest BCUT2D eigenvalue weighted by molar-refractivity contribution is 5.92. The van der Waals surface area contributed by atoms with Gasteiger partial charge in [0.1, 0.15) is 23.4 Å². The van der Waals surface area contributed by atoms with Crippen molar-refractivity contribution in [3.8, 4) is 0 Å². The fraction of sp³-hybridized carbons (Fsp3) is 0.680. The zero-order chi connectivity index (χ0) is 27.3. The molecule has 12 heteroatoms. The Kier molecular flexibility index (Phi) is 7.06. The number of carboxylic acids is 1. The normalized spacial score (nSPS) is 25.4. The molecule has 3 heterocycles. The van der Waals surface area contributed by atoms with E-state index in [-0.39, 0.29) is 48.4 Å². The second-order valence-corrected chi connectivity index (χ2v) is 11.2. The summed E-state index contributed by atoms with van der Waals surface area (Å²) in [6.45, 7) is 9.51. The van der Waals surface area contributed by atoms with Crippen molar-refractivity contribution in [2.24, 2.45) is 5.92 Å². The van der Waals surface area contributed by atoms with E-state index in [0.717, 1.165) is 6.20 Å². The summed E-state index contributed by atoms with van der Waals surface area (Å²) in [6, 6.07) is -1.07. The van der Waals surface area contributed by atoms with Crippen LogP contribution < -0.4 is 4.90 Å². The topological polar surface area (TPSA) is 101 Å². The lowest BCUT2D eigenvalue weighted by Crippen LogP contribution is -2.59. The molecule has 2 fully saturated rings. The van der Waals surface area contributed by atoms with Crippen molar-refractivity contribution in [2.45, 2.75) is 90.2 Å². The minimum absolute atomic E-state index is 0.0998. The first-order valence-electron chi connectivity index (χ1n) is 12.6. The third kappa shape index (κ3) is 5.47. The molecule has 1 saturated carbocycles. The van der Waals surface area contributed by atoms with E-state index in [1.165, 1.54) is 10.9 Å². The van der Waals surface area contributed by atoms with Gasteiger partial charge in [0, 0.05) is 37.4 Å². The molecule has 1 aliphatic carbocycles. The summed E-state index contributed by atoms with van der Waals surface area (Å²) in [5.74, 6) is -1.38. The van der Waals surface area contributed by atoms with Crippen molar-refractivity contribution in [1.29, 1.82) is 0 Å². The summed E-state index contributed by atoms with van der Waals surface area (Å²) >= 11 is 0. The molecule has 0 radical (unpaired) electrons. The number of carboxylic acid groups (broad SMARTS) is 1. The number of alkyl halides is 3. The number of amides is 1. The van der Waals surface area contributed by atoms with Crippen LogP contribution in [-0.2, 0) is 15.7 Å². The molecule has 2 unspecified atom stereocenters. The molecule has 4 rings (SSSR count). The van der Waals surface area contributed by atoms with Crippen LogP contribution in [-0.4, -0.2) is 67.4 Å². The van der Waals surface area contributed by atoms with Gasteiger partial charge in [0.05, 0.1) is 16.9 Å².